The molecule has 6 nitrogen and oxygen atoms in total. The van der Waals surface area contributed by atoms with Crippen molar-refractivity contribution in [3.05, 3.63) is 32.6 Å². The molecule has 2 heterocycles. The van der Waals surface area contributed by atoms with Gasteiger partial charge in [0.25, 0.3) is 5.56 Å². The molecule has 1 aliphatic heterocycles. The van der Waals surface area contributed by atoms with E-state index in [1.165, 1.54) is 36.7 Å². The van der Waals surface area contributed by atoms with Crippen molar-refractivity contribution in [2.45, 2.75) is 70.1 Å². The molecule has 6 heteroatoms. The molecule has 0 amide bonds. The van der Waals surface area contributed by atoms with Crippen molar-refractivity contribution in [3.8, 4) is 0 Å². The minimum Gasteiger partial charge on any atom is -0.388 e. The van der Waals surface area contributed by atoms with Gasteiger partial charge in [0.05, 0.1) is 11.6 Å². The Kier molecular flexibility index (Phi) is 4.47. The fraction of sp³-hybridized carbons (Fsp3) is 0.765. The summed E-state index contributed by atoms with van der Waals surface area (Å²) in [6.45, 7) is 5.00. The van der Waals surface area contributed by atoms with Crippen LogP contribution >= 0.6 is 0 Å². The number of aromatic nitrogens is 2. The summed E-state index contributed by atoms with van der Waals surface area (Å²) in [7, 11) is 0. The summed E-state index contributed by atoms with van der Waals surface area (Å²) < 4.78 is 1.52. The van der Waals surface area contributed by atoms with Crippen LogP contribution in [0.25, 0.3) is 0 Å². The number of nitrogens with one attached hydrogen (secondary N) is 1. The van der Waals surface area contributed by atoms with Crippen molar-refractivity contribution < 1.29 is 5.11 Å². The third-order valence-corrected chi connectivity index (χ3v) is 5.60. The van der Waals surface area contributed by atoms with Gasteiger partial charge < -0.3 is 5.11 Å². The second-order valence-electron chi connectivity index (χ2n) is 7.39. The van der Waals surface area contributed by atoms with E-state index in [-0.39, 0.29) is 11.6 Å². The number of H-pyrrole nitrogens is 1. The van der Waals surface area contributed by atoms with Crippen molar-refractivity contribution in [1.82, 2.24) is 14.5 Å². The highest BCUT2D eigenvalue weighted by molar-refractivity contribution is 5.05. The Hall–Kier alpha value is -1.40. The lowest BCUT2D eigenvalue weighted by molar-refractivity contribution is -0.0648. The van der Waals surface area contributed by atoms with E-state index in [4.69, 9.17) is 0 Å². The summed E-state index contributed by atoms with van der Waals surface area (Å²) in [5.74, 6) is 0. The first-order valence-electron chi connectivity index (χ1n) is 8.67. The number of hydrogen-bond acceptors (Lipinski definition) is 4. The molecule has 0 unspecified atom stereocenters. The highest BCUT2D eigenvalue weighted by atomic mass is 16.3. The van der Waals surface area contributed by atoms with Crippen molar-refractivity contribution >= 4 is 0 Å². The predicted octanol–water partition coefficient (Wildman–Crippen LogP) is 1.18. The fourth-order valence-electron chi connectivity index (χ4n) is 4.03. The van der Waals surface area contributed by atoms with Crippen LogP contribution < -0.4 is 11.2 Å². The number of piperidine rings is 1. The van der Waals surface area contributed by atoms with Crippen LogP contribution in [0.1, 0.15) is 57.1 Å². The quantitative estimate of drug-likeness (QED) is 0.857. The van der Waals surface area contributed by atoms with Crippen molar-refractivity contribution in [1.29, 1.82) is 0 Å². The number of aromatic amines is 1. The SMILES string of the molecule is Cc1cn([C@@H]2CN(C3CCCCC3)CC[C@@]2(C)O)c(=O)[nH]c1=O. The first-order valence-corrected chi connectivity index (χ1v) is 8.67. The Morgan fingerprint density at radius 3 is 2.65 bits per heavy atom. The highest BCUT2D eigenvalue weighted by Crippen LogP contribution is 2.34. The summed E-state index contributed by atoms with van der Waals surface area (Å²) in [6.07, 6.45) is 8.47. The lowest BCUT2D eigenvalue weighted by Crippen LogP contribution is -2.56. The van der Waals surface area contributed by atoms with Crippen LogP contribution in [0.5, 0.6) is 0 Å². The van der Waals surface area contributed by atoms with E-state index in [1.54, 1.807) is 20.0 Å². The van der Waals surface area contributed by atoms with E-state index in [0.717, 1.165) is 6.54 Å². The van der Waals surface area contributed by atoms with E-state index in [0.29, 0.717) is 24.6 Å². The Balaban J connectivity index is 1.90. The summed E-state index contributed by atoms with van der Waals surface area (Å²) in [6, 6.07) is 0.225. The van der Waals surface area contributed by atoms with Gasteiger partial charge in [-0.15, -0.1) is 0 Å². The van der Waals surface area contributed by atoms with Crippen LogP contribution in [0.2, 0.25) is 0 Å². The normalized spacial score (nSPS) is 30.5. The van der Waals surface area contributed by atoms with Crippen molar-refractivity contribution in [3.63, 3.8) is 0 Å². The number of rotatable bonds is 2. The molecule has 0 spiro atoms. The number of aryl methyl sites for hydroxylation is 1. The van der Waals surface area contributed by atoms with Gasteiger partial charge in [-0.2, -0.15) is 0 Å². The monoisotopic (exact) mass is 321 g/mol. The molecule has 0 bridgehead atoms. The molecule has 1 aromatic rings. The molecular weight excluding hydrogens is 294 g/mol. The molecule has 128 valence electrons. The molecule has 0 radical (unpaired) electrons. The average Bonchev–Trinajstić information content (AvgIpc) is 2.52. The number of aliphatic hydroxyl groups is 1. The first kappa shape index (κ1) is 16.5. The molecule has 1 aromatic heterocycles. The smallest absolute Gasteiger partial charge is 0.328 e. The lowest BCUT2D eigenvalue weighted by Gasteiger charge is -2.46. The van der Waals surface area contributed by atoms with E-state index in [9.17, 15) is 14.7 Å². The molecule has 2 N–H and O–H groups in total. The minimum atomic E-state index is -0.945. The Morgan fingerprint density at radius 2 is 1.96 bits per heavy atom. The summed E-state index contributed by atoms with van der Waals surface area (Å²) in [5.41, 5.74) is -1.24. The minimum absolute atomic E-state index is 0.332. The van der Waals surface area contributed by atoms with Gasteiger partial charge in [-0.3, -0.25) is 19.2 Å². The molecule has 2 aliphatic rings. The van der Waals surface area contributed by atoms with Crippen LogP contribution in [-0.4, -0.2) is 44.3 Å². The first-order chi connectivity index (χ1) is 10.9. The van der Waals surface area contributed by atoms with Crippen LogP contribution in [0.15, 0.2) is 15.8 Å². The maximum absolute atomic E-state index is 12.2. The Labute approximate surface area is 136 Å². The fourth-order valence-corrected chi connectivity index (χ4v) is 4.03. The standard InChI is InChI=1S/C17H27N3O3/c1-12-10-20(16(22)18-15(12)21)14-11-19(9-8-17(14,2)23)13-6-4-3-5-7-13/h10,13-14,23H,3-9,11H2,1-2H3,(H,18,21,22)/t14-,17-/m1/s1. The zero-order valence-electron chi connectivity index (χ0n) is 14.0. The van der Waals surface area contributed by atoms with Crippen LogP contribution in [0.4, 0.5) is 0 Å². The van der Waals surface area contributed by atoms with Crippen LogP contribution in [0, 0.1) is 6.92 Å². The van der Waals surface area contributed by atoms with Gasteiger partial charge in [0.2, 0.25) is 0 Å². The van der Waals surface area contributed by atoms with Gasteiger partial charge in [-0.1, -0.05) is 19.3 Å². The number of nitrogens with zero attached hydrogens (tertiary/aromatic N) is 2. The zero-order chi connectivity index (χ0) is 16.6. The molecule has 2 atom stereocenters. The molecule has 23 heavy (non-hydrogen) atoms. The molecule has 1 saturated heterocycles. The van der Waals surface area contributed by atoms with Crippen LogP contribution in [0.3, 0.4) is 0 Å². The average molecular weight is 321 g/mol. The topological polar surface area (TPSA) is 78.3 Å². The van der Waals surface area contributed by atoms with Gasteiger partial charge >= 0.3 is 5.69 Å². The predicted molar refractivity (Wildman–Crippen MR) is 88.8 cm³/mol. The van der Waals surface area contributed by atoms with Gasteiger partial charge in [-0.05, 0) is 33.1 Å². The lowest BCUT2D eigenvalue weighted by atomic mass is 9.85. The van der Waals surface area contributed by atoms with Crippen molar-refractivity contribution in [2.75, 3.05) is 13.1 Å². The third-order valence-electron chi connectivity index (χ3n) is 5.60. The largest absolute Gasteiger partial charge is 0.388 e. The Morgan fingerprint density at radius 1 is 1.26 bits per heavy atom. The second-order valence-corrected chi connectivity index (χ2v) is 7.39. The zero-order valence-corrected chi connectivity index (χ0v) is 14.0. The molecule has 1 aliphatic carbocycles. The molecular formula is C17H27N3O3. The molecule has 3 rings (SSSR count). The van der Waals surface area contributed by atoms with E-state index in [2.05, 4.69) is 9.88 Å². The van der Waals surface area contributed by atoms with Crippen LogP contribution in [-0.2, 0) is 0 Å². The molecule has 1 saturated carbocycles. The van der Waals surface area contributed by atoms with E-state index < -0.39 is 11.3 Å². The van der Waals surface area contributed by atoms with Gasteiger partial charge in [0.15, 0.2) is 0 Å². The number of hydrogen-bond donors (Lipinski definition) is 2. The summed E-state index contributed by atoms with van der Waals surface area (Å²) >= 11 is 0. The maximum atomic E-state index is 12.2. The van der Waals surface area contributed by atoms with E-state index in [1.807, 2.05) is 0 Å². The van der Waals surface area contributed by atoms with E-state index >= 15 is 0 Å². The number of likely N-dealkylation sites (tertiary alicyclic amines) is 1. The molecule has 0 aromatic carbocycles. The maximum Gasteiger partial charge on any atom is 0.328 e. The summed E-state index contributed by atoms with van der Waals surface area (Å²) in [5, 5.41) is 10.8. The molecule has 2 fully saturated rings. The van der Waals surface area contributed by atoms with Gasteiger partial charge in [0.1, 0.15) is 0 Å². The summed E-state index contributed by atoms with van der Waals surface area (Å²) in [4.78, 5) is 28.6. The second kappa shape index (κ2) is 6.24. The van der Waals surface area contributed by atoms with Crippen molar-refractivity contribution in [2.24, 2.45) is 0 Å². The third kappa shape index (κ3) is 3.28. The Bertz CT molecular complexity index is 670. The van der Waals surface area contributed by atoms with Gasteiger partial charge in [0, 0.05) is 30.9 Å². The van der Waals surface area contributed by atoms with Gasteiger partial charge in [-0.25, -0.2) is 4.79 Å². The highest BCUT2D eigenvalue weighted by Gasteiger charge is 2.41.